The highest BCUT2D eigenvalue weighted by atomic mass is 32.1. The van der Waals surface area contributed by atoms with Crippen LogP contribution >= 0.6 is 11.3 Å². The second kappa shape index (κ2) is 5.47. The van der Waals surface area contributed by atoms with Gasteiger partial charge in [-0.3, -0.25) is 13.9 Å². The predicted molar refractivity (Wildman–Crippen MR) is 90.2 cm³/mol. The molecule has 3 aromatic rings. The zero-order valence-corrected chi connectivity index (χ0v) is 13.6. The van der Waals surface area contributed by atoms with Crippen molar-refractivity contribution >= 4 is 32.9 Å². The number of benzene rings is 1. The quantitative estimate of drug-likeness (QED) is 0.720. The maximum atomic E-state index is 12.1. The second-order valence-corrected chi connectivity index (χ2v) is 6.18. The molecule has 0 radical (unpaired) electrons. The number of aromatic hydroxyl groups is 1. The molecule has 2 aromatic heterocycles. The average Bonchev–Trinajstić information content (AvgIpc) is 2.93. The minimum absolute atomic E-state index is 0.0509. The molecule has 23 heavy (non-hydrogen) atoms. The highest BCUT2D eigenvalue weighted by Gasteiger charge is 2.13. The fourth-order valence-electron chi connectivity index (χ4n) is 2.17. The molecule has 8 heteroatoms. The Balaban J connectivity index is 2.09. The first-order valence-electron chi connectivity index (χ1n) is 6.78. The van der Waals surface area contributed by atoms with Crippen LogP contribution in [-0.2, 0) is 14.1 Å². The van der Waals surface area contributed by atoms with Gasteiger partial charge in [-0.1, -0.05) is 17.4 Å². The molecule has 7 nitrogen and oxygen atoms in total. The van der Waals surface area contributed by atoms with Crippen LogP contribution in [0, 0.1) is 6.92 Å². The first-order valence-corrected chi connectivity index (χ1v) is 7.60. The molecule has 0 fully saturated rings. The van der Waals surface area contributed by atoms with Crippen molar-refractivity contribution in [1.29, 1.82) is 0 Å². The molecule has 0 saturated carbocycles. The predicted octanol–water partition coefficient (Wildman–Crippen LogP) is 1.46. The molecule has 0 amide bonds. The third-order valence-electron chi connectivity index (χ3n) is 3.50. The molecule has 1 aromatic carbocycles. The molecular weight excluding hydrogens is 316 g/mol. The fraction of sp³-hybridized carbons (Fsp3) is 0.200. The summed E-state index contributed by atoms with van der Waals surface area (Å²) < 4.78 is 2.91. The first kappa shape index (κ1) is 15.2. The van der Waals surface area contributed by atoms with E-state index in [0.717, 1.165) is 24.9 Å². The van der Waals surface area contributed by atoms with Gasteiger partial charge in [0.25, 0.3) is 5.56 Å². The molecule has 0 spiro atoms. The van der Waals surface area contributed by atoms with E-state index in [-0.39, 0.29) is 5.56 Å². The zero-order valence-electron chi connectivity index (χ0n) is 12.8. The Hall–Kier alpha value is -2.74. The van der Waals surface area contributed by atoms with Crippen molar-refractivity contribution in [3.8, 4) is 5.88 Å². The number of aryl methyl sites for hydroxylation is 1. The van der Waals surface area contributed by atoms with Crippen molar-refractivity contribution in [1.82, 2.24) is 14.1 Å². The van der Waals surface area contributed by atoms with Crippen molar-refractivity contribution in [3.05, 3.63) is 50.2 Å². The Labute approximate surface area is 134 Å². The van der Waals surface area contributed by atoms with E-state index in [2.05, 4.69) is 9.98 Å². The molecule has 0 aliphatic rings. The van der Waals surface area contributed by atoms with Crippen LogP contribution in [0.25, 0.3) is 10.2 Å². The number of hydrogen-bond acceptors (Lipinski definition) is 6. The monoisotopic (exact) mass is 330 g/mol. The summed E-state index contributed by atoms with van der Waals surface area (Å²) in [5.41, 5.74) is 0.697. The molecule has 0 aliphatic carbocycles. The van der Waals surface area contributed by atoms with Crippen molar-refractivity contribution in [2.45, 2.75) is 6.92 Å². The van der Waals surface area contributed by atoms with Gasteiger partial charge < -0.3 is 5.11 Å². The summed E-state index contributed by atoms with van der Waals surface area (Å²) in [4.78, 5) is 32.3. The van der Waals surface area contributed by atoms with E-state index in [1.54, 1.807) is 0 Å². The van der Waals surface area contributed by atoms with Crippen LogP contribution in [0.4, 0.5) is 5.13 Å². The Kier molecular flexibility index (Phi) is 3.61. The lowest BCUT2D eigenvalue weighted by Crippen LogP contribution is -2.38. The summed E-state index contributed by atoms with van der Waals surface area (Å²) >= 11 is 1.39. The van der Waals surface area contributed by atoms with E-state index in [4.69, 9.17) is 0 Å². The Morgan fingerprint density at radius 1 is 1.26 bits per heavy atom. The number of hydrogen-bond donors (Lipinski definition) is 1. The van der Waals surface area contributed by atoms with Gasteiger partial charge in [0.1, 0.15) is 5.56 Å². The van der Waals surface area contributed by atoms with Gasteiger partial charge in [-0.15, -0.1) is 0 Å². The van der Waals surface area contributed by atoms with Crippen LogP contribution in [0.2, 0.25) is 0 Å². The lowest BCUT2D eigenvalue weighted by Gasteiger charge is -2.06. The maximum absolute atomic E-state index is 12.1. The molecule has 0 saturated heterocycles. The van der Waals surface area contributed by atoms with Gasteiger partial charge in [-0.05, 0) is 24.6 Å². The van der Waals surface area contributed by atoms with Gasteiger partial charge in [0.2, 0.25) is 11.0 Å². The molecule has 3 rings (SSSR count). The smallest absolute Gasteiger partial charge is 0.333 e. The van der Waals surface area contributed by atoms with Crippen molar-refractivity contribution < 1.29 is 5.11 Å². The van der Waals surface area contributed by atoms with Crippen molar-refractivity contribution in [3.63, 3.8) is 0 Å². The Morgan fingerprint density at radius 2 is 2.00 bits per heavy atom. The minimum Gasteiger partial charge on any atom is -0.494 e. The van der Waals surface area contributed by atoms with Crippen LogP contribution in [0.5, 0.6) is 5.88 Å². The van der Waals surface area contributed by atoms with Gasteiger partial charge in [-0.2, -0.15) is 0 Å². The standard InChI is InChI=1S/C15H14N4O3S/c1-8-4-5-10-11(6-8)23-14(17-10)16-7-9-12(20)18(2)15(22)19(3)13(9)21/h4-7,20H,1-3H3. The van der Waals surface area contributed by atoms with E-state index in [1.165, 1.54) is 31.6 Å². The number of fused-ring (bicyclic) bond motifs is 1. The summed E-state index contributed by atoms with van der Waals surface area (Å²) in [6.07, 6.45) is 1.24. The maximum Gasteiger partial charge on any atom is 0.333 e. The zero-order chi connectivity index (χ0) is 16.7. The van der Waals surface area contributed by atoms with E-state index in [0.29, 0.717) is 5.13 Å². The minimum atomic E-state index is -0.605. The summed E-state index contributed by atoms with van der Waals surface area (Å²) in [5, 5.41) is 10.5. The molecule has 0 atom stereocenters. The van der Waals surface area contributed by atoms with Gasteiger partial charge >= 0.3 is 5.69 Å². The highest BCUT2D eigenvalue weighted by molar-refractivity contribution is 7.22. The summed E-state index contributed by atoms with van der Waals surface area (Å²) in [6, 6.07) is 5.88. The Morgan fingerprint density at radius 3 is 2.74 bits per heavy atom. The average molecular weight is 330 g/mol. The summed E-state index contributed by atoms with van der Waals surface area (Å²) in [7, 11) is 2.73. The van der Waals surface area contributed by atoms with Gasteiger partial charge in [0.05, 0.1) is 10.2 Å². The number of rotatable bonds is 2. The molecule has 1 N–H and O–H groups in total. The first-order chi connectivity index (χ1) is 10.9. The molecular formula is C15H14N4O3S. The topological polar surface area (TPSA) is 89.5 Å². The van der Waals surface area contributed by atoms with Crippen molar-refractivity contribution in [2.24, 2.45) is 19.1 Å². The van der Waals surface area contributed by atoms with Crippen LogP contribution in [0.1, 0.15) is 11.1 Å². The molecule has 0 unspecified atom stereocenters. The molecule has 2 heterocycles. The van der Waals surface area contributed by atoms with Crippen molar-refractivity contribution in [2.75, 3.05) is 0 Å². The van der Waals surface area contributed by atoms with Gasteiger partial charge in [0, 0.05) is 20.3 Å². The molecule has 0 bridgehead atoms. The number of nitrogens with zero attached hydrogens (tertiary/aromatic N) is 4. The lowest BCUT2D eigenvalue weighted by atomic mass is 10.2. The molecule has 0 aliphatic heterocycles. The van der Waals surface area contributed by atoms with E-state index in [9.17, 15) is 14.7 Å². The van der Waals surface area contributed by atoms with Gasteiger partial charge in [0.15, 0.2) is 0 Å². The second-order valence-electron chi connectivity index (χ2n) is 5.17. The highest BCUT2D eigenvalue weighted by Crippen LogP contribution is 2.28. The number of thiazole rings is 1. The van der Waals surface area contributed by atoms with Gasteiger partial charge in [-0.25, -0.2) is 14.8 Å². The largest absolute Gasteiger partial charge is 0.494 e. The molecule has 118 valence electrons. The van der Waals surface area contributed by atoms with Crippen LogP contribution in [-0.4, -0.2) is 25.4 Å². The summed E-state index contributed by atoms with van der Waals surface area (Å²) in [6.45, 7) is 1.99. The third-order valence-corrected chi connectivity index (χ3v) is 4.43. The van der Waals surface area contributed by atoms with E-state index >= 15 is 0 Å². The fourth-order valence-corrected chi connectivity index (χ4v) is 3.08. The summed E-state index contributed by atoms with van der Waals surface area (Å²) in [5.74, 6) is -0.418. The van der Waals surface area contributed by atoms with E-state index in [1.807, 2.05) is 25.1 Å². The Bertz CT molecular complexity index is 1060. The van der Waals surface area contributed by atoms with Crippen LogP contribution < -0.4 is 11.2 Å². The SMILES string of the molecule is Cc1ccc2nc(N=Cc3c(O)n(C)c(=O)n(C)c3=O)sc2c1. The van der Waals surface area contributed by atoms with E-state index < -0.39 is 17.1 Å². The lowest BCUT2D eigenvalue weighted by molar-refractivity contribution is 0.410. The third kappa shape index (κ3) is 2.57. The van der Waals surface area contributed by atoms with Crippen LogP contribution in [0.3, 0.4) is 0 Å². The normalized spacial score (nSPS) is 11.6. The number of aromatic nitrogens is 3. The van der Waals surface area contributed by atoms with Crippen LogP contribution in [0.15, 0.2) is 32.8 Å². The number of aliphatic imine (C=N–C) groups is 1.